The highest BCUT2D eigenvalue weighted by Crippen LogP contribution is 2.25. The lowest BCUT2D eigenvalue weighted by Crippen LogP contribution is -2.44. The van der Waals surface area contributed by atoms with Crippen molar-refractivity contribution in [2.24, 2.45) is 5.92 Å². The van der Waals surface area contributed by atoms with Crippen LogP contribution in [-0.2, 0) is 9.59 Å². The molecule has 1 atom stereocenters. The predicted octanol–water partition coefficient (Wildman–Crippen LogP) is 1.40. The third-order valence-corrected chi connectivity index (χ3v) is 3.54. The summed E-state index contributed by atoms with van der Waals surface area (Å²) in [5, 5.41) is 9.03. The maximum Gasteiger partial charge on any atom is 0.308 e. The fraction of sp³-hybridized carbons (Fsp3) is 0.467. The number of rotatable bonds is 6. The van der Waals surface area contributed by atoms with Crippen molar-refractivity contribution in [2.75, 3.05) is 26.8 Å². The van der Waals surface area contributed by atoms with Gasteiger partial charge < -0.3 is 19.5 Å². The van der Waals surface area contributed by atoms with Crippen molar-refractivity contribution in [2.45, 2.75) is 12.8 Å². The van der Waals surface area contributed by atoms with Crippen molar-refractivity contribution < 1.29 is 24.2 Å². The van der Waals surface area contributed by atoms with Gasteiger partial charge in [0.25, 0.3) is 0 Å². The van der Waals surface area contributed by atoms with Crippen molar-refractivity contribution in [1.29, 1.82) is 0 Å². The van der Waals surface area contributed by atoms with Crippen molar-refractivity contribution in [3.63, 3.8) is 0 Å². The van der Waals surface area contributed by atoms with Gasteiger partial charge in [0.15, 0.2) is 11.5 Å². The molecule has 1 aromatic carbocycles. The van der Waals surface area contributed by atoms with E-state index in [9.17, 15) is 9.59 Å². The molecule has 0 aliphatic carbocycles. The zero-order valence-electron chi connectivity index (χ0n) is 11.9. The van der Waals surface area contributed by atoms with Crippen LogP contribution in [0.25, 0.3) is 0 Å². The summed E-state index contributed by atoms with van der Waals surface area (Å²) in [6.07, 6.45) is 0.698. The minimum Gasteiger partial charge on any atom is -0.493 e. The number of hydrogen-bond donors (Lipinski definition) is 1. The Balaban J connectivity index is 1.87. The summed E-state index contributed by atoms with van der Waals surface area (Å²) in [7, 11) is 1.56. The lowest BCUT2D eigenvalue weighted by molar-refractivity contribution is -0.147. The number of nitrogens with zero attached hydrogens (tertiary/aromatic N) is 1. The van der Waals surface area contributed by atoms with E-state index in [1.54, 1.807) is 24.1 Å². The van der Waals surface area contributed by atoms with Crippen molar-refractivity contribution >= 4 is 11.9 Å². The minimum absolute atomic E-state index is 0.0175. The van der Waals surface area contributed by atoms with Crippen LogP contribution in [-0.4, -0.2) is 48.7 Å². The molecule has 114 valence electrons. The van der Waals surface area contributed by atoms with Gasteiger partial charge in [0.05, 0.1) is 19.6 Å². The fourth-order valence-corrected chi connectivity index (χ4v) is 2.34. The SMILES string of the molecule is COc1ccccc1OCCN1CC(C(=O)O)CCC1=O. The first kappa shape index (κ1) is 15.2. The minimum atomic E-state index is -0.849. The number of aliphatic carboxylic acids is 1. The molecule has 6 nitrogen and oxygen atoms in total. The van der Waals surface area contributed by atoms with E-state index in [0.29, 0.717) is 31.1 Å². The molecular formula is C15H19NO5. The van der Waals surface area contributed by atoms with Crippen LogP contribution in [0.2, 0.25) is 0 Å². The number of carboxylic acid groups (broad SMARTS) is 1. The van der Waals surface area contributed by atoms with E-state index in [1.807, 2.05) is 12.1 Å². The zero-order chi connectivity index (χ0) is 15.2. The summed E-state index contributed by atoms with van der Waals surface area (Å²) in [6, 6.07) is 7.26. The summed E-state index contributed by atoms with van der Waals surface area (Å²) in [6.45, 7) is 0.933. The quantitative estimate of drug-likeness (QED) is 0.858. The van der Waals surface area contributed by atoms with E-state index in [0.717, 1.165) is 0 Å². The lowest BCUT2D eigenvalue weighted by Gasteiger charge is -2.30. The number of piperidine rings is 1. The number of likely N-dealkylation sites (tertiary alicyclic amines) is 1. The van der Waals surface area contributed by atoms with Gasteiger partial charge >= 0.3 is 5.97 Å². The van der Waals surface area contributed by atoms with E-state index in [-0.39, 0.29) is 18.9 Å². The molecule has 1 aromatic rings. The maximum atomic E-state index is 11.8. The number of hydrogen-bond acceptors (Lipinski definition) is 4. The number of ether oxygens (including phenoxy) is 2. The first-order chi connectivity index (χ1) is 10.1. The van der Waals surface area contributed by atoms with Crippen molar-refractivity contribution in [3.8, 4) is 11.5 Å². The van der Waals surface area contributed by atoms with Crippen LogP contribution >= 0.6 is 0 Å². The van der Waals surface area contributed by atoms with E-state index >= 15 is 0 Å². The Morgan fingerprint density at radius 3 is 2.76 bits per heavy atom. The van der Waals surface area contributed by atoms with Crippen LogP contribution < -0.4 is 9.47 Å². The Labute approximate surface area is 123 Å². The van der Waals surface area contributed by atoms with Crippen molar-refractivity contribution in [1.82, 2.24) is 4.90 Å². The number of carboxylic acids is 1. The van der Waals surface area contributed by atoms with Crippen LogP contribution in [0.5, 0.6) is 11.5 Å². The highest BCUT2D eigenvalue weighted by atomic mass is 16.5. The molecule has 1 amide bonds. The Hall–Kier alpha value is -2.24. The number of amides is 1. The third kappa shape index (κ3) is 3.87. The Morgan fingerprint density at radius 2 is 2.10 bits per heavy atom. The van der Waals surface area contributed by atoms with Gasteiger partial charge in [-0.15, -0.1) is 0 Å². The summed E-state index contributed by atoms with van der Waals surface area (Å²) in [5.41, 5.74) is 0. The molecule has 1 aliphatic heterocycles. The molecule has 0 aromatic heterocycles. The maximum absolute atomic E-state index is 11.8. The highest BCUT2D eigenvalue weighted by molar-refractivity contribution is 5.80. The summed E-state index contributed by atoms with van der Waals surface area (Å²) in [5.74, 6) is -0.103. The molecule has 2 rings (SSSR count). The summed E-state index contributed by atoms with van der Waals surface area (Å²) in [4.78, 5) is 24.3. The van der Waals surface area contributed by atoms with Crippen LogP contribution in [0.3, 0.4) is 0 Å². The van der Waals surface area contributed by atoms with E-state index < -0.39 is 11.9 Å². The Kier molecular flexibility index (Phi) is 5.03. The van der Waals surface area contributed by atoms with Gasteiger partial charge in [-0.2, -0.15) is 0 Å². The van der Waals surface area contributed by atoms with Crippen molar-refractivity contribution in [3.05, 3.63) is 24.3 Å². The monoisotopic (exact) mass is 293 g/mol. The van der Waals surface area contributed by atoms with Gasteiger partial charge in [-0.3, -0.25) is 9.59 Å². The predicted molar refractivity (Wildman–Crippen MR) is 75.4 cm³/mol. The zero-order valence-corrected chi connectivity index (χ0v) is 11.9. The molecule has 1 N–H and O–H groups in total. The average Bonchev–Trinajstić information content (AvgIpc) is 2.49. The first-order valence-corrected chi connectivity index (χ1v) is 6.88. The molecule has 1 saturated heterocycles. The van der Waals surface area contributed by atoms with Gasteiger partial charge in [0.2, 0.25) is 5.91 Å². The molecule has 1 heterocycles. The number of carbonyl (C=O) groups excluding carboxylic acids is 1. The number of para-hydroxylation sites is 2. The molecule has 0 spiro atoms. The lowest BCUT2D eigenvalue weighted by atomic mass is 9.98. The molecule has 0 bridgehead atoms. The Bertz CT molecular complexity index is 517. The molecular weight excluding hydrogens is 274 g/mol. The largest absolute Gasteiger partial charge is 0.493 e. The van der Waals surface area contributed by atoms with Crippen LogP contribution in [0.1, 0.15) is 12.8 Å². The van der Waals surface area contributed by atoms with Gasteiger partial charge in [0.1, 0.15) is 6.61 Å². The molecule has 6 heteroatoms. The van der Waals surface area contributed by atoms with Gasteiger partial charge in [-0.25, -0.2) is 0 Å². The molecule has 21 heavy (non-hydrogen) atoms. The number of carbonyl (C=O) groups is 2. The highest BCUT2D eigenvalue weighted by Gasteiger charge is 2.29. The second kappa shape index (κ2) is 6.97. The normalized spacial score (nSPS) is 18.4. The molecule has 1 fully saturated rings. The second-order valence-corrected chi connectivity index (χ2v) is 4.91. The Morgan fingerprint density at radius 1 is 1.38 bits per heavy atom. The summed E-state index contributed by atoms with van der Waals surface area (Å²) >= 11 is 0. The third-order valence-electron chi connectivity index (χ3n) is 3.54. The molecule has 1 aliphatic rings. The van der Waals surface area contributed by atoms with Gasteiger partial charge in [0, 0.05) is 13.0 Å². The average molecular weight is 293 g/mol. The standard InChI is InChI=1S/C15H19NO5/c1-20-12-4-2-3-5-13(12)21-9-8-16-10-11(15(18)19)6-7-14(16)17/h2-5,11H,6-10H2,1H3,(H,18,19). The van der Waals surface area contributed by atoms with Gasteiger partial charge in [-0.05, 0) is 18.6 Å². The first-order valence-electron chi connectivity index (χ1n) is 6.88. The topological polar surface area (TPSA) is 76.1 Å². The fourth-order valence-electron chi connectivity index (χ4n) is 2.34. The van der Waals surface area contributed by atoms with E-state index in [1.165, 1.54) is 0 Å². The van der Waals surface area contributed by atoms with Crippen LogP contribution in [0.4, 0.5) is 0 Å². The smallest absolute Gasteiger partial charge is 0.308 e. The molecule has 1 unspecified atom stereocenters. The molecule has 0 saturated carbocycles. The van der Waals surface area contributed by atoms with E-state index in [2.05, 4.69) is 0 Å². The van der Waals surface area contributed by atoms with Crippen LogP contribution in [0.15, 0.2) is 24.3 Å². The summed E-state index contributed by atoms with van der Waals surface area (Å²) < 4.78 is 10.8. The second-order valence-electron chi connectivity index (χ2n) is 4.91. The van der Waals surface area contributed by atoms with Gasteiger partial charge in [-0.1, -0.05) is 12.1 Å². The van der Waals surface area contributed by atoms with E-state index in [4.69, 9.17) is 14.6 Å². The number of methoxy groups -OCH3 is 1. The number of benzene rings is 1. The van der Waals surface area contributed by atoms with Crippen LogP contribution in [0, 0.1) is 5.92 Å². The molecule has 0 radical (unpaired) electrons.